The van der Waals surface area contributed by atoms with Crippen LogP contribution < -0.4 is 15.5 Å². The van der Waals surface area contributed by atoms with Crippen molar-refractivity contribution in [3.63, 3.8) is 0 Å². The Morgan fingerprint density at radius 2 is 2.38 bits per heavy atom. The van der Waals surface area contributed by atoms with E-state index in [0.717, 1.165) is 27.6 Å². The number of rotatable bonds is 8. The number of benzene rings is 1. The first kappa shape index (κ1) is 22.0. The van der Waals surface area contributed by atoms with E-state index in [4.69, 9.17) is 14.3 Å². The van der Waals surface area contributed by atoms with Crippen molar-refractivity contribution in [1.29, 1.82) is 5.26 Å². The van der Waals surface area contributed by atoms with Gasteiger partial charge in [-0.05, 0) is 34.0 Å². The molecule has 152 valence electrons. The molecule has 3 rings (SSSR count). The molecule has 1 aromatic heterocycles. The maximum absolute atomic E-state index is 12.0. The Kier molecular flexibility index (Phi) is 7.46. The summed E-state index contributed by atoms with van der Waals surface area (Å²) >= 11 is 3.57. The van der Waals surface area contributed by atoms with Gasteiger partial charge in [0, 0.05) is 29.5 Å². The van der Waals surface area contributed by atoms with Crippen molar-refractivity contribution >= 4 is 51.4 Å². The zero-order valence-corrected chi connectivity index (χ0v) is 19.9. The lowest BCUT2D eigenvalue weighted by atomic mass is 9.99. The summed E-state index contributed by atoms with van der Waals surface area (Å²) < 4.78 is 10.8. The Bertz CT molecular complexity index is 987. The molecule has 0 saturated carbocycles. The molecule has 1 aliphatic rings. The average molecular weight is 542 g/mol. The third-order valence-corrected chi connectivity index (χ3v) is 6.16. The summed E-state index contributed by atoms with van der Waals surface area (Å²) in [4.78, 5) is 16.7. The van der Waals surface area contributed by atoms with Gasteiger partial charge in [-0.2, -0.15) is 5.26 Å². The van der Waals surface area contributed by atoms with Gasteiger partial charge in [0.15, 0.2) is 0 Å². The number of aromatic nitrogens is 1. The van der Waals surface area contributed by atoms with Gasteiger partial charge in [0.05, 0.1) is 29.1 Å². The number of nitrogens with zero attached hydrogens (tertiary/aromatic N) is 2. The SMILES string of the molecule is C=C(CNc1cc(-c2nc(C(C)C)cs2)c2c(c1C#N)CCO2)C(=O)NOPI. The summed E-state index contributed by atoms with van der Waals surface area (Å²) in [5.74, 6) is 0.660. The quantitative estimate of drug-likeness (QED) is 0.217. The Balaban J connectivity index is 1.92. The van der Waals surface area contributed by atoms with E-state index in [1.54, 1.807) is 11.3 Å². The lowest BCUT2D eigenvalue weighted by molar-refractivity contribution is -0.123. The van der Waals surface area contributed by atoms with Gasteiger partial charge in [-0.1, -0.05) is 20.4 Å². The Labute approximate surface area is 188 Å². The predicted octanol–water partition coefficient (Wildman–Crippen LogP) is 4.70. The molecular formula is C19H20IN4O3PS. The molecule has 0 bridgehead atoms. The van der Waals surface area contributed by atoms with E-state index < -0.39 is 5.91 Å². The molecule has 1 unspecified atom stereocenters. The molecule has 7 nitrogen and oxygen atoms in total. The highest BCUT2D eigenvalue weighted by molar-refractivity contribution is 14.2. The van der Waals surface area contributed by atoms with E-state index in [1.165, 1.54) is 0 Å². The van der Waals surface area contributed by atoms with Crippen molar-refractivity contribution < 1.29 is 14.2 Å². The number of hydrogen-bond acceptors (Lipinski definition) is 7. The van der Waals surface area contributed by atoms with Crippen molar-refractivity contribution in [2.45, 2.75) is 26.2 Å². The summed E-state index contributed by atoms with van der Waals surface area (Å²) in [5.41, 5.74) is 6.55. The molecule has 29 heavy (non-hydrogen) atoms. The second kappa shape index (κ2) is 9.85. The third-order valence-electron chi connectivity index (χ3n) is 4.43. The molecule has 2 aromatic rings. The molecule has 1 aromatic carbocycles. The van der Waals surface area contributed by atoms with Gasteiger partial charge in [-0.15, -0.1) is 11.3 Å². The number of nitriles is 1. The maximum atomic E-state index is 12.0. The predicted molar refractivity (Wildman–Crippen MR) is 125 cm³/mol. The standard InChI is InChI=1S/C19H20IN4O3PS/c1-10(2)16-9-29-19(23-16)13-6-15(14(7-21)12-4-5-26-17(12)13)22-8-11(3)18(25)24-27-28-20/h6,9-10,22,28H,3-5,8H2,1-2H3,(H,24,25). The van der Waals surface area contributed by atoms with Crippen LogP contribution in [0.4, 0.5) is 5.69 Å². The third kappa shape index (κ3) is 4.89. The van der Waals surface area contributed by atoms with Crippen molar-refractivity contribution in [1.82, 2.24) is 10.5 Å². The fourth-order valence-corrected chi connectivity index (χ4v) is 4.36. The van der Waals surface area contributed by atoms with Gasteiger partial charge in [-0.25, -0.2) is 15.1 Å². The van der Waals surface area contributed by atoms with Crippen molar-refractivity contribution in [2.24, 2.45) is 0 Å². The number of fused-ring (bicyclic) bond motifs is 1. The molecule has 0 spiro atoms. The molecule has 10 heteroatoms. The lowest BCUT2D eigenvalue weighted by Crippen LogP contribution is -2.25. The molecule has 1 aliphatic heterocycles. The second-order valence-electron chi connectivity index (χ2n) is 6.66. The zero-order chi connectivity index (χ0) is 21.0. The fraction of sp³-hybridized carbons (Fsp3) is 0.316. The maximum Gasteiger partial charge on any atom is 0.272 e. The zero-order valence-electron chi connectivity index (χ0n) is 16.0. The van der Waals surface area contributed by atoms with Crippen LogP contribution in [-0.2, 0) is 15.8 Å². The van der Waals surface area contributed by atoms with Gasteiger partial charge in [-0.3, -0.25) is 4.79 Å². The summed E-state index contributed by atoms with van der Waals surface area (Å²) in [7, 11) is 0. The molecule has 0 saturated heterocycles. The number of carbonyl (C=O) groups is 1. The number of hydroxylamine groups is 1. The second-order valence-corrected chi connectivity index (χ2v) is 9.20. The average Bonchev–Trinajstić information content (AvgIpc) is 3.39. The smallest absolute Gasteiger partial charge is 0.272 e. The molecular weight excluding hydrogens is 522 g/mol. The number of nitrogens with one attached hydrogen (secondary N) is 2. The molecule has 0 fully saturated rings. The highest BCUT2D eigenvalue weighted by Crippen LogP contribution is 2.43. The highest BCUT2D eigenvalue weighted by Gasteiger charge is 2.26. The molecule has 0 aliphatic carbocycles. The lowest BCUT2D eigenvalue weighted by Gasteiger charge is -2.15. The van der Waals surface area contributed by atoms with E-state index in [2.05, 4.69) is 37.3 Å². The van der Waals surface area contributed by atoms with Gasteiger partial charge in [0.25, 0.3) is 5.91 Å². The highest BCUT2D eigenvalue weighted by atomic mass is 127. The molecule has 1 atom stereocenters. The normalized spacial score (nSPS) is 12.7. The van der Waals surface area contributed by atoms with Crippen molar-refractivity contribution in [3.8, 4) is 22.4 Å². The minimum atomic E-state index is -0.397. The number of carbonyl (C=O) groups excluding carboxylic acids is 1. The topological polar surface area (TPSA) is 96.3 Å². The molecule has 2 heterocycles. The largest absolute Gasteiger partial charge is 0.492 e. The van der Waals surface area contributed by atoms with Crippen molar-refractivity contribution in [3.05, 3.63) is 40.4 Å². The van der Waals surface area contributed by atoms with E-state index in [0.29, 0.717) is 35.8 Å². The number of ether oxygens (including phenoxy) is 1. The van der Waals surface area contributed by atoms with Gasteiger partial charge >= 0.3 is 0 Å². The minimum Gasteiger partial charge on any atom is -0.492 e. The number of anilines is 1. The fourth-order valence-electron chi connectivity index (χ4n) is 2.90. The summed E-state index contributed by atoms with van der Waals surface area (Å²) in [6.07, 6.45) is 0.662. The summed E-state index contributed by atoms with van der Waals surface area (Å²) in [5, 5.41) is 15.8. The van der Waals surface area contributed by atoms with Gasteiger partial charge in [0.2, 0.25) is 0 Å². The summed E-state index contributed by atoms with van der Waals surface area (Å²) in [6.45, 7) is 8.82. The summed E-state index contributed by atoms with van der Waals surface area (Å²) in [6, 6.07) is 4.15. The van der Waals surface area contributed by atoms with Crippen LogP contribution in [0.15, 0.2) is 23.6 Å². The number of thiazole rings is 1. The molecule has 2 N–H and O–H groups in total. The van der Waals surface area contributed by atoms with Crippen LogP contribution in [0.25, 0.3) is 10.6 Å². The van der Waals surface area contributed by atoms with Gasteiger partial charge in [0.1, 0.15) is 23.3 Å². The van der Waals surface area contributed by atoms with E-state index in [9.17, 15) is 10.1 Å². The first-order valence-electron chi connectivity index (χ1n) is 8.88. The van der Waals surface area contributed by atoms with Crippen LogP contribution in [0.3, 0.4) is 0 Å². The monoisotopic (exact) mass is 542 g/mol. The number of halogens is 1. The Morgan fingerprint density at radius 1 is 1.59 bits per heavy atom. The van der Waals surface area contributed by atoms with Crippen LogP contribution in [0.1, 0.15) is 36.6 Å². The molecule has 0 radical (unpaired) electrons. The first-order valence-corrected chi connectivity index (χ1v) is 13.8. The van der Waals surface area contributed by atoms with E-state index >= 15 is 0 Å². The van der Waals surface area contributed by atoms with Crippen LogP contribution in [0, 0.1) is 11.3 Å². The minimum absolute atomic E-state index is 0.116. The first-order chi connectivity index (χ1) is 14.0. The van der Waals surface area contributed by atoms with Crippen LogP contribution >= 0.6 is 39.8 Å². The van der Waals surface area contributed by atoms with Crippen LogP contribution in [-0.4, -0.2) is 24.0 Å². The Morgan fingerprint density at radius 3 is 3.03 bits per heavy atom. The number of amides is 1. The van der Waals surface area contributed by atoms with E-state index in [-0.39, 0.29) is 13.0 Å². The Hall–Kier alpha value is -1.73. The van der Waals surface area contributed by atoms with Crippen molar-refractivity contribution in [2.75, 3.05) is 18.5 Å². The molecule has 1 amide bonds. The van der Waals surface area contributed by atoms with Crippen LogP contribution in [0.2, 0.25) is 0 Å². The van der Waals surface area contributed by atoms with Gasteiger partial charge < -0.3 is 10.1 Å². The van der Waals surface area contributed by atoms with E-state index in [1.807, 2.05) is 33.5 Å². The van der Waals surface area contributed by atoms with Crippen LogP contribution in [0.5, 0.6) is 5.75 Å². The number of hydrogen-bond donors (Lipinski definition) is 2.